The van der Waals surface area contributed by atoms with E-state index in [2.05, 4.69) is 104 Å². The van der Waals surface area contributed by atoms with Gasteiger partial charge in [-0.25, -0.2) is 0 Å². The van der Waals surface area contributed by atoms with Gasteiger partial charge in [0.15, 0.2) is 0 Å². The monoisotopic (exact) mass is 1230 g/mol. The second kappa shape index (κ2) is 39.0. The molecule has 0 N–H and O–H groups in total. The maximum Gasteiger partial charge on any atom is 0.0890 e. The van der Waals surface area contributed by atoms with Crippen LogP contribution in [0.1, 0.15) is 277 Å². The van der Waals surface area contributed by atoms with Crippen LogP contribution in [-0.4, -0.2) is 181 Å². The molecule has 0 amide bonds. The number of hydrogen-bond donors (Lipinski definition) is 0. The van der Waals surface area contributed by atoms with Gasteiger partial charge in [-0.2, -0.15) is 0 Å². The zero-order valence-electron chi connectivity index (χ0n) is 64.2. The van der Waals surface area contributed by atoms with Crippen molar-refractivity contribution in [2.75, 3.05) is 118 Å². The third-order valence-corrected chi connectivity index (χ3v) is 28.4. The highest BCUT2D eigenvalue weighted by Crippen LogP contribution is 2.41. The highest BCUT2D eigenvalue weighted by molar-refractivity contribution is 4.80. The number of piperidine rings is 12. The standard InChI is InChI=1S/3C13H26N.3C12H24N.6CH3/c1-11-7-8-12(2)14(13(11)3)9-5-4-6-10-14;1-11-7-10-14(13(3)12(11)2)8-5-4-6-9-14;1-11-9-12(2)13(3)14(10-11)7-5-4-6-8-14;1-11-7-6-8-12(2)13(11)9-4-3-5-10-13;1-11-6-9-13(10-12(11)2)7-4-3-5-8-13;1-11-8-12(2)10-13(9-11)6-4-3-5-7-13;;;;;;/h3*11-13H,4-10H2,1-3H3;3*11-12H,3-10H2,1-2H3;6*1H3/q6*+1;6*-1. The summed E-state index contributed by atoms with van der Waals surface area (Å²) in [5, 5.41) is 0. The Labute approximate surface area is 553 Å². The summed E-state index contributed by atoms with van der Waals surface area (Å²) in [6.45, 7) is 63.6. The lowest BCUT2D eigenvalue weighted by Crippen LogP contribution is -2.65. The minimum Gasteiger partial charge on any atom is -0.358 e. The maximum atomic E-state index is 2.51. The lowest BCUT2D eigenvalue weighted by molar-refractivity contribution is -0.982. The molecule has 12 heterocycles. The van der Waals surface area contributed by atoms with Crippen molar-refractivity contribution in [2.24, 2.45) is 53.3 Å². The van der Waals surface area contributed by atoms with Gasteiger partial charge in [0.2, 0.25) is 0 Å². The van der Waals surface area contributed by atoms with E-state index in [0.29, 0.717) is 0 Å². The third-order valence-electron chi connectivity index (χ3n) is 28.4. The van der Waals surface area contributed by atoms with Gasteiger partial charge in [0.05, 0.1) is 154 Å². The molecule has 12 saturated heterocycles. The van der Waals surface area contributed by atoms with Crippen LogP contribution in [0.15, 0.2) is 0 Å². The van der Waals surface area contributed by atoms with Gasteiger partial charge < -0.3 is 71.5 Å². The molecule has 12 fully saturated rings. The van der Waals surface area contributed by atoms with Gasteiger partial charge in [0.25, 0.3) is 0 Å². The first kappa shape index (κ1) is 84.8. The first-order valence-corrected chi connectivity index (χ1v) is 37.8. The Bertz CT molecular complexity index is 1720. The second-order valence-corrected chi connectivity index (χ2v) is 33.9. The van der Waals surface area contributed by atoms with Crippen molar-refractivity contribution in [3.8, 4) is 0 Å². The van der Waals surface area contributed by atoms with Crippen LogP contribution in [0.5, 0.6) is 0 Å². The Morgan fingerprint density at radius 2 is 0.609 bits per heavy atom. The SMILES string of the molecule is CC1CC(C)C(C)[N+]2(CCCCC2)C1.CC1CC(C)C[N+]2(CCCCC2)C1.CC1CCC(C)[N+]2(CCCCC2)C1C.CC1CCCC(C)[N+]12CCCCC2.CC1CC[N+]2(CCCCC2)C(C)C1C.CC1CC[N+]2(CCCCC2)CC1C.[CH3-].[CH3-].[CH3-].[CH3-].[CH3-].[CH3-]. The number of hydrogen-bond acceptors (Lipinski definition) is 0. The fourth-order valence-corrected chi connectivity index (χ4v) is 22.2. The van der Waals surface area contributed by atoms with Gasteiger partial charge in [-0.3, -0.25) is 0 Å². The Kier molecular flexibility index (Phi) is 38.0. The molecule has 12 aliphatic rings. The van der Waals surface area contributed by atoms with Crippen molar-refractivity contribution >= 4 is 0 Å². The van der Waals surface area contributed by atoms with E-state index in [1.807, 2.05) is 0 Å². The molecule has 15 unspecified atom stereocenters. The summed E-state index contributed by atoms with van der Waals surface area (Å²) in [6, 6.07) is 5.58. The largest absolute Gasteiger partial charge is 0.358 e. The molecule has 12 rings (SSSR count). The molecule has 6 nitrogen and oxygen atoms in total. The molecular formula is C81H168N6. The highest BCUT2D eigenvalue weighted by atomic mass is 15.4. The fourth-order valence-electron chi connectivity index (χ4n) is 22.2. The number of quaternary nitrogens is 6. The first-order valence-electron chi connectivity index (χ1n) is 37.8. The van der Waals surface area contributed by atoms with Crippen molar-refractivity contribution < 1.29 is 26.9 Å². The Balaban J connectivity index is 0.000000515. The molecule has 6 spiro atoms. The molecular weight excluding hydrogens is 1060 g/mol. The van der Waals surface area contributed by atoms with E-state index in [1.165, 1.54) is 318 Å². The van der Waals surface area contributed by atoms with Crippen LogP contribution < -0.4 is 0 Å². The minimum atomic E-state index is 0. The Morgan fingerprint density at radius 3 is 1.08 bits per heavy atom. The quantitative estimate of drug-likeness (QED) is 0.168. The minimum absolute atomic E-state index is 0. The molecule has 0 aromatic carbocycles. The average molecular weight is 1230 g/mol. The second-order valence-electron chi connectivity index (χ2n) is 33.9. The summed E-state index contributed by atoms with van der Waals surface area (Å²) in [7, 11) is 0. The molecule has 0 radical (unpaired) electrons. The summed E-state index contributed by atoms with van der Waals surface area (Å²) >= 11 is 0. The van der Waals surface area contributed by atoms with Crippen molar-refractivity contribution in [2.45, 2.75) is 313 Å². The summed E-state index contributed by atoms with van der Waals surface area (Å²) in [4.78, 5) is 0. The van der Waals surface area contributed by atoms with Crippen LogP contribution >= 0.6 is 0 Å². The van der Waals surface area contributed by atoms with E-state index in [4.69, 9.17) is 0 Å². The molecule has 0 saturated carbocycles. The fraction of sp³-hybridized carbons (Fsp3) is 0.926. The summed E-state index contributed by atoms with van der Waals surface area (Å²) in [6.07, 6.45) is 39.9. The van der Waals surface area contributed by atoms with Crippen molar-refractivity contribution in [1.29, 1.82) is 0 Å². The zero-order chi connectivity index (χ0) is 58.5. The lowest BCUT2D eigenvalue weighted by Gasteiger charge is -2.55. The van der Waals surface area contributed by atoms with E-state index >= 15 is 0 Å². The van der Waals surface area contributed by atoms with Crippen molar-refractivity contribution in [3.63, 3.8) is 0 Å². The molecule has 6 heteroatoms. The van der Waals surface area contributed by atoms with Crippen LogP contribution in [0.2, 0.25) is 0 Å². The lowest BCUT2D eigenvalue weighted by atomic mass is 9.80. The van der Waals surface area contributed by atoms with Crippen molar-refractivity contribution in [3.05, 3.63) is 44.6 Å². The molecule has 0 aliphatic carbocycles. The maximum absolute atomic E-state index is 2.51. The Morgan fingerprint density at radius 1 is 0.218 bits per heavy atom. The van der Waals surface area contributed by atoms with Crippen LogP contribution in [0.25, 0.3) is 0 Å². The summed E-state index contributed by atoms with van der Waals surface area (Å²) < 4.78 is 8.81. The Hall–Kier alpha value is -0.240. The van der Waals surface area contributed by atoms with Crippen LogP contribution in [0, 0.1) is 97.8 Å². The average Bonchev–Trinajstić information content (AvgIpc) is 2.62. The van der Waals surface area contributed by atoms with E-state index in [0.717, 1.165) is 89.5 Å². The normalized spacial score (nSPS) is 38.2. The highest BCUT2D eigenvalue weighted by Gasteiger charge is 2.48. The van der Waals surface area contributed by atoms with Crippen molar-refractivity contribution in [1.82, 2.24) is 0 Å². The van der Waals surface area contributed by atoms with Crippen LogP contribution in [0.4, 0.5) is 0 Å². The third kappa shape index (κ3) is 21.6. The predicted octanol–water partition coefficient (Wildman–Crippen LogP) is 20.3. The molecule has 0 aromatic heterocycles. The first-order chi connectivity index (χ1) is 38.6. The van der Waals surface area contributed by atoms with Gasteiger partial charge in [-0.15, -0.1) is 0 Å². The van der Waals surface area contributed by atoms with Gasteiger partial charge in [0, 0.05) is 41.4 Å². The molecule has 12 aliphatic heterocycles. The van der Waals surface area contributed by atoms with Gasteiger partial charge >= 0.3 is 0 Å². The molecule has 522 valence electrons. The van der Waals surface area contributed by atoms with Gasteiger partial charge in [-0.1, -0.05) is 62.3 Å². The smallest absolute Gasteiger partial charge is 0.0890 e. The topological polar surface area (TPSA) is 0 Å². The molecule has 15 atom stereocenters. The van der Waals surface area contributed by atoms with E-state index < -0.39 is 0 Å². The zero-order valence-corrected chi connectivity index (χ0v) is 64.2. The summed E-state index contributed by atoms with van der Waals surface area (Å²) in [5.74, 6) is 8.62. The molecule has 0 aromatic rings. The summed E-state index contributed by atoms with van der Waals surface area (Å²) in [5.41, 5.74) is 0. The van der Waals surface area contributed by atoms with E-state index in [-0.39, 0.29) is 44.6 Å². The number of nitrogens with zero attached hydrogens (tertiary/aromatic N) is 6. The molecule has 87 heavy (non-hydrogen) atoms. The van der Waals surface area contributed by atoms with E-state index in [9.17, 15) is 0 Å². The van der Waals surface area contributed by atoms with E-state index in [1.54, 1.807) is 0 Å². The van der Waals surface area contributed by atoms with Gasteiger partial charge in [0.1, 0.15) is 0 Å². The predicted molar refractivity (Wildman–Crippen MR) is 392 cm³/mol. The molecule has 0 bridgehead atoms. The number of rotatable bonds is 0. The van der Waals surface area contributed by atoms with Crippen LogP contribution in [0.3, 0.4) is 0 Å². The van der Waals surface area contributed by atoms with Crippen LogP contribution in [-0.2, 0) is 0 Å². The van der Waals surface area contributed by atoms with Gasteiger partial charge in [-0.05, 0) is 227 Å².